The van der Waals surface area contributed by atoms with Crippen LogP contribution in [0.2, 0.25) is 0 Å². The summed E-state index contributed by atoms with van der Waals surface area (Å²) in [7, 11) is 0. The SMILES string of the molecule is [2H]C1=C(C(=O)OCc2ccc([N+](=O)[O-])cc2)N2C(=O)[C@H]([C@@H](C)O)[C@H]2[C@H]1C. The van der Waals surface area contributed by atoms with Crippen LogP contribution in [-0.2, 0) is 20.9 Å². The number of rotatable bonds is 5. The van der Waals surface area contributed by atoms with E-state index in [1.165, 1.54) is 36.1 Å². The van der Waals surface area contributed by atoms with Crippen molar-refractivity contribution in [3.63, 3.8) is 0 Å². The van der Waals surface area contributed by atoms with Crippen LogP contribution in [0, 0.1) is 22.0 Å². The highest BCUT2D eigenvalue weighted by molar-refractivity contribution is 5.99. The molecule has 8 nitrogen and oxygen atoms in total. The Hall–Kier alpha value is -2.74. The van der Waals surface area contributed by atoms with Gasteiger partial charge in [-0.3, -0.25) is 14.9 Å². The lowest BCUT2D eigenvalue weighted by atomic mass is 9.79. The molecule has 2 aliphatic heterocycles. The number of β-lactam (4-membered cyclic amide) rings is 1. The highest BCUT2D eigenvalue weighted by Gasteiger charge is 2.57. The van der Waals surface area contributed by atoms with Gasteiger partial charge in [-0.15, -0.1) is 0 Å². The number of aliphatic hydroxyl groups is 1. The van der Waals surface area contributed by atoms with E-state index in [4.69, 9.17) is 6.11 Å². The molecule has 1 aromatic rings. The third kappa shape index (κ3) is 2.89. The number of carbonyl (C=O) groups excluding carboxylic acids is 2. The fourth-order valence-corrected chi connectivity index (χ4v) is 3.28. The summed E-state index contributed by atoms with van der Waals surface area (Å²) in [5, 5.41) is 20.4. The first-order valence-electron chi connectivity index (χ1n) is 8.36. The van der Waals surface area contributed by atoms with Crippen molar-refractivity contribution in [2.45, 2.75) is 32.6 Å². The first-order chi connectivity index (χ1) is 12.2. The van der Waals surface area contributed by atoms with Crippen molar-refractivity contribution in [2.24, 2.45) is 11.8 Å². The van der Waals surface area contributed by atoms with Crippen molar-refractivity contribution in [2.75, 3.05) is 0 Å². The summed E-state index contributed by atoms with van der Waals surface area (Å²) < 4.78 is 13.3. The van der Waals surface area contributed by atoms with Gasteiger partial charge in [0, 0.05) is 12.1 Å². The Morgan fingerprint density at radius 3 is 2.68 bits per heavy atom. The van der Waals surface area contributed by atoms with Crippen LogP contribution < -0.4 is 0 Å². The number of aliphatic hydroxyl groups excluding tert-OH is 1. The van der Waals surface area contributed by atoms with E-state index in [2.05, 4.69) is 0 Å². The van der Waals surface area contributed by atoms with Gasteiger partial charge < -0.3 is 14.7 Å². The molecule has 2 aliphatic rings. The molecule has 25 heavy (non-hydrogen) atoms. The first kappa shape index (κ1) is 15.8. The molecule has 1 amide bonds. The van der Waals surface area contributed by atoms with Crippen LogP contribution in [0.15, 0.2) is 36.0 Å². The highest BCUT2D eigenvalue weighted by Crippen LogP contribution is 2.43. The second kappa shape index (κ2) is 6.29. The maximum Gasteiger partial charge on any atom is 0.355 e. The number of carbonyl (C=O) groups is 2. The molecule has 0 aliphatic carbocycles. The molecule has 0 radical (unpaired) electrons. The monoisotopic (exact) mass is 347 g/mol. The average Bonchev–Trinajstić information content (AvgIpc) is 2.81. The van der Waals surface area contributed by atoms with Gasteiger partial charge in [-0.1, -0.05) is 6.92 Å². The van der Waals surface area contributed by atoms with E-state index in [-0.39, 0.29) is 35.9 Å². The summed E-state index contributed by atoms with van der Waals surface area (Å²) in [6, 6.07) is 5.16. The average molecular weight is 347 g/mol. The van der Waals surface area contributed by atoms with Crippen molar-refractivity contribution in [1.29, 1.82) is 0 Å². The molecule has 0 unspecified atom stereocenters. The summed E-state index contributed by atoms with van der Waals surface area (Å²) in [5.74, 6) is -2.17. The molecule has 1 aromatic carbocycles. The maximum atomic E-state index is 12.4. The standard InChI is InChI=1S/C17H18N2O6/c1-9-7-13(18-15(9)14(10(2)20)16(18)21)17(22)25-8-11-3-5-12(6-4-11)19(23)24/h3-7,9-10,14-15,20H,8H2,1-2H3/t9-,10+,14+,15+/m0/s1/i7D. The van der Waals surface area contributed by atoms with E-state index in [1.807, 2.05) is 0 Å². The molecule has 0 bridgehead atoms. The fourth-order valence-electron chi connectivity index (χ4n) is 3.28. The van der Waals surface area contributed by atoms with Gasteiger partial charge in [0.15, 0.2) is 0 Å². The molecule has 0 aromatic heterocycles. The second-order valence-electron chi connectivity index (χ2n) is 6.25. The lowest BCUT2D eigenvalue weighted by molar-refractivity contribution is -0.384. The van der Waals surface area contributed by atoms with Crippen LogP contribution in [0.1, 0.15) is 20.8 Å². The fraction of sp³-hybridized carbons (Fsp3) is 0.412. The topological polar surface area (TPSA) is 110 Å². The minimum absolute atomic E-state index is 0.0141. The maximum absolute atomic E-state index is 12.4. The third-order valence-electron chi connectivity index (χ3n) is 4.54. The number of nitro benzene ring substituents is 1. The molecule has 2 heterocycles. The Morgan fingerprint density at radius 2 is 2.12 bits per heavy atom. The molecule has 0 spiro atoms. The molecular formula is C17H18N2O6. The molecule has 4 atom stereocenters. The van der Waals surface area contributed by atoms with E-state index < -0.39 is 29.0 Å². The molecule has 1 N–H and O–H groups in total. The molecule has 8 heteroatoms. The predicted molar refractivity (Wildman–Crippen MR) is 85.9 cm³/mol. The van der Waals surface area contributed by atoms with E-state index >= 15 is 0 Å². The number of nitrogens with zero attached hydrogens (tertiary/aromatic N) is 2. The zero-order valence-corrected chi connectivity index (χ0v) is 13.7. The van der Waals surface area contributed by atoms with Crippen molar-refractivity contribution in [3.8, 4) is 0 Å². The number of non-ortho nitro benzene ring substituents is 1. The molecular weight excluding hydrogens is 328 g/mol. The van der Waals surface area contributed by atoms with Gasteiger partial charge in [0.1, 0.15) is 12.3 Å². The van der Waals surface area contributed by atoms with Crippen LogP contribution in [-0.4, -0.2) is 39.0 Å². The van der Waals surface area contributed by atoms with Crippen molar-refractivity contribution >= 4 is 17.6 Å². The van der Waals surface area contributed by atoms with Gasteiger partial charge >= 0.3 is 5.97 Å². The minimum atomic E-state index is -0.852. The van der Waals surface area contributed by atoms with Crippen LogP contribution in [0.5, 0.6) is 0 Å². The summed E-state index contributed by atoms with van der Waals surface area (Å²) >= 11 is 0. The predicted octanol–water partition coefficient (Wildman–Crippen LogP) is 1.38. The van der Waals surface area contributed by atoms with E-state index in [0.717, 1.165) is 0 Å². The number of nitro groups is 1. The largest absolute Gasteiger partial charge is 0.456 e. The number of esters is 1. The van der Waals surface area contributed by atoms with Gasteiger partial charge in [0.05, 0.1) is 24.4 Å². The highest BCUT2D eigenvalue weighted by atomic mass is 16.6. The number of amides is 1. The van der Waals surface area contributed by atoms with E-state index in [0.29, 0.717) is 5.56 Å². The quantitative estimate of drug-likeness (QED) is 0.373. The van der Waals surface area contributed by atoms with Gasteiger partial charge in [0.25, 0.3) is 5.69 Å². The molecule has 132 valence electrons. The molecule has 1 saturated heterocycles. The van der Waals surface area contributed by atoms with Crippen LogP contribution in [0.25, 0.3) is 0 Å². The van der Waals surface area contributed by atoms with Gasteiger partial charge in [-0.05, 0) is 36.6 Å². The Kier molecular flexibility index (Phi) is 3.96. The number of hydrogen-bond donors (Lipinski definition) is 1. The molecule has 0 saturated carbocycles. The van der Waals surface area contributed by atoms with Gasteiger partial charge in [-0.2, -0.15) is 0 Å². The van der Waals surface area contributed by atoms with Crippen LogP contribution >= 0.6 is 0 Å². The Labute approximate surface area is 145 Å². The van der Waals surface area contributed by atoms with Gasteiger partial charge in [0.2, 0.25) is 5.91 Å². The summed E-state index contributed by atoms with van der Waals surface area (Å²) in [6.45, 7) is 3.12. The summed E-state index contributed by atoms with van der Waals surface area (Å²) in [6.07, 6.45) is -0.852. The Bertz CT molecular complexity index is 804. The first-order valence-corrected chi connectivity index (χ1v) is 7.86. The Balaban J connectivity index is 1.70. The lowest BCUT2D eigenvalue weighted by Crippen LogP contribution is -2.63. The number of benzene rings is 1. The lowest BCUT2D eigenvalue weighted by Gasteiger charge is -2.46. The Morgan fingerprint density at radius 1 is 1.48 bits per heavy atom. The van der Waals surface area contributed by atoms with Crippen molar-refractivity contribution in [3.05, 3.63) is 51.7 Å². The van der Waals surface area contributed by atoms with Crippen molar-refractivity contribution in [1.82, 2.24) is 4.90 Å². The van der Waals surface area contributed by atoms with E-state index in [9.17, 15) is 24.8 Å². The van der Waals surface area contributed by atoms with Crippen molar-refractivity contribution < 1.29 is 25.7 Å². The number of ether oxygens (including phenoxy) is 1. The zero-order chi connectivity index (χ0) is 19.2. The van der Waals surface area contributed by atoms with Gasteiger partial charge in [-0.25, -0.2) is 4.79 Å². The number of hydrogen-bond acceptors (Lipinski definition) is 6. The smallest absolute Gasteiger partial charge is 0.355 e. The molecule has 1 fully saturated rings. The third-order valence-corrected chi connectivity index (χ3v) is 4.54. The summed E-state index contributed by atoms with van der Waals surface area (Å²) in [5.41, 5.74) is 0.390. The van der Waals surface area contributed by atoms with Crippen LogP contribution in [0.4, 0.5) is 5.69 Å². The van der Waals surface area contributed by atoms with E-state index in [1.54, 1.807) is 6.92 Å². The normalized spacial score (nSPS) is 26.7. The van der Waals surface area contributed by atoms with Crippen LogP contribution in [0.3, 0.4) is 0 Å². The summed E-state index contributed by atoms with van der Waals surface area (Å²) in [4.78, 5) is 36.0. The zero-order valence-electron chi connectivity index (χ0n) is 14.7. The second-order valence-corrected chi connectivity index (χ2v) is 6.25. The number of fused-ring (bicyclic) bond motifs is 1. The molecule has 3 rings (SSSR count). The minimum Gasteiger partial charge on any atom is -0.456 e.